The van der Waals surface area contributed by atoms with Gasteiger partial charge in [0.05, 0.1) is 24.9 Å². The van der Waals surface area contributed by atoms with Crippen molar-refractivity contribution < 1.29 is 28.6 Å². The number of aliphatic hydroxyl groups excluding tert-OH is 1. The second-order valence-corrected chi connectivity index (χ2v) is 9.71. The molecule has 0 saturated carbocycles. The maximum absolute atomic E-state index is 13.5. The molecule has 0 aliphatic carbocycles. The topological polar surface area (TPSA) is 89.2 Å². The van der Waals surface area contributed by atoms with Gasteiger partial charge in [-0.1, -0.05) is 32.9 Å². The van der Waals surface area contributed by atoms with Crippen LogP contribution in [0.2, 0.25) is 0 Å². The van der Waals surface area contributed by atoms with Gasteiger partial charge in [-0.25, -0.2) is 0 Å². The Morgan fingerprint density at radius 2 is 1.83 bits per heavy atom. The summed E-state index contributed by atoms with van der Waals surface area (Å²) in [6.45, 7) is 10.2. The van der Waals surface area contributed by atoms with Gasteiger partial charge in [-0.15, -0.1) is 0 Å². The molecule has 2 aromatic carbocycles. The highest BCUT2D eigenvalue weighted by Gasteiger charge is 2.48. The summed E-state index contributed by atoms with van der Waals surface area (Å²) < 4.78 is 17.0. The predicted octanol–water partition coefficient (Wildman–Crippen LogP) is 5.92. The van der Waals surface area contributed by atoms with Crippen molar-refractivity contribution in [2.45, 2.75) is 46.1 Å². The number of ketones is 1. The second-order valence-electron chi connectivity index (χ2n) is 9.71. The molecule has 0 spiro atoms. The molecule has 3 aromatic rings. The number of ether oxygens (including phenoxy) is 2. The van der Waals surface area contributed by atoms with Crippen LogP contribution < -0.4 is 14.4 Å². The minimum atomic E-state index is -0.974. The summed E-state index contributed by atoms with van der Waals surface area (Å²) in [7, 11) is 1.49. The number of hydrogen-bond acceptors (Lipinski definition) is 6. The van der Waals surface area contributed by atoms with Crippen molar-refractivity contribution in [1.82, 2.24) is 0 Å². The SMILES string of the molecule is CCOc1cccc(N2C(=O)C(=O)/C(=C(/O)c3cc(C(C)(C)C)ccc3OC)C2c2ccc(C)o2)c1. The van der Waals surface area contributed by atoms with Gasteiger partial charge in [0.25, 0.3) is 11.7 Å². The van der Waals surface area contributed by atoms with Crippen molar-refractivity contribution >= 4 is 23.1 Å². The van der Waals surface area contributed by atoms with Crippen molar-refractivity contribution in [3.63, 3.8) is 0 Å². The predicted molar refractivity (Wildman–Crippen MR) is 138 cm³/mol. The molecule has 1 aliphatic heterocycles. The summed E-state index contributed by atoms with van der Waals surface area (Å²) in [6.07, 6.45) is 0. The van der Waals surface area contributed by atoms with Crippen LogP contribution in [0.25, 0.3) is 5.76 Å². The van der Waals surface area contributed by atoms with Crippen LogP contribution in [0.4, 0.5) is 5.69 Å². The molecule has 4 rings (SSSR count). The molecule has 1 aliphatic rings. The maximum atomic E-state index is 13.5. The molecular formula is C29H31NO6. The van der Waals surface area contributed by atoms with Crippen molar-refractivity contribution in [2.75, 3.05) is 18.6 Å². The maximum Gasteiger partial charge on any atom is 0.300 e. The number of furan rings is 1. The summed E-state index contributed by atoms with van der Waals surface area (Å²) in [6, 6.07) is 14.9. The average molecular weight is 490 g/mol. The van der Waals surface area contributed by atoms with E-state index in [0.29, 0.717) is 40.9 Å². The number of Topliss-reactive ketones (excluding diaryl/α,β-unsaturated/α-hetero) is 1. The average Bonchev–Trinajstić information content (AvgIpc) is 3.38. The smallest absolute Gasteiger partial charge is 0.300 e. The lowest BCUT2D eigenvalue weighted by Crippen LogP contribution is -2.29. The number of hydrogen-bond donors (Lipinski definition) is 1. The highest BCUT2D eigenvalue weighted by atomic mass is 16.5. The van der Waals surface area contributed by atoms with Crippen LogP contribution in [-0.2, 0) is 15.0 Å². The number of anilines is 1. The number of methoxy groups -OCH3 is 1. The van der Waals surface area contributed by atoms with E-state index in [9.17, 15) is 14.7 Å². The van der Waals surface area contributed by atoms with Gasteiger partial charge in [-0.05, 0) is 61.2 Å². The van der Waals surface area contributed by atoms with Crippen LogP contribution in [0.1, 0.15) is 56.4 Å². The van der Waals surface area contributed by atoms with Crippen molar-refractivity contribution in [3.05, 3.63) is 82.8 Å². The van der Waals surface area contributed by atoms with Gasteiger partial charge in [0.2, 0.25) is 0 Å². The molecular weight excluding hydrogens is 458 g/mol. The standard InChI is InChI=1S/C29H31NO6/c1-7-35-20-10-8-9-19(16-20)30-25(23-13-11-17(2)36-23)24(27(32)28(30)33)26(31)21-15-18(29(3,4)5)12-14-22(21)34-6/h8-16,25,31H,7H2,1-6H3/b26-24+. The molecule has 1 unspecified atom stereocenters. The molecule has 2 heterocycles. The fourth-order valence-corrected chi connectivity index (χ4v) is 4.36. The highest BCUT2D eigenvalue weighted by Crippen LogP contribution is 2.44. The Bertz CT molecular complexity index is 1340. The summed E-state index contributed by atoms with van der Waals surface area (Å²) >= 11 is 0. The van der Waals surface area contributed by atoms with E-state index < -0.39 is 17.7 Å². The van der Waals surface area contributed by atoms with E-state index in [1.807, 2.05) is 13.0 Å². The minimum absolute atomic E-state index is 0.0690. The Morgan fingerprint density at radius 1 is 1.08 bits per heavy atom. The first-order chi connectivity index (χ1) is 17.1. The van der Waals surface area contributed by atoms with Gasteiger partial charge in [0.15, 0.2) is 0 Å². The van der Waals surface area contributed by atoms with E-state index in [2.05, 4.69) is 20.8 Å². The third kappa shape index (κ3) is 4.49. The normalized spacial score (nSPS) is 17.5. The number of aryl methyl sites for hydroxylation is 1. The molecule has 1 saturated heterocycles. The summed E-state index contributed by atoms with van der Waals surface area (Å²) in [4.78, 5) is 28.2. The number of nitrogens with zero attached hydrogens (tertiary/aromatic N) is 1. The summed E-state index contributed by atoms with van der Waals surface area (Å²) in [5.74, 6) is 0.0304. The van der Waals surface area contributed by atoms with E-state index in [1.165, 1.54) is 12.0 Å². The monoisotopic (exact) mass is 489 g/mol. The molecule has 188 valence electrons. The third-order valence-corrected chi connectivity index (χ3v) is 6.20. The van der Waals surface area contributed by atoms with Crippen LogP contribution in [0.3, 0.4) is 0 Å². The first-order valence-electron chi connectivity index (χ1n) is 11.9. The van der Waals surface area contributed by atoms with Crippen molar-refractivity contribution in [1.29, 1.82) is 0 Å². The van der Waals surface area contributed by atoms with E-state index >= 15 is 0 Å². The van der Waals surface area contributed by atoms with Crippen LogP contribution >= 0.6 is 0 Å². The molecule has 1 aromatic heterocycles. The van der Waals surface area contributed by atoms with E-state index in [4.69, 9.17) is 13.9 Å². The molecule has 1 N–H and O–H groups in total. The van der Waals surface area contributed by atoms with E-state index in [-0.39, 0.29) is 16.7 Å². The van der Waals surface area contributed by atoms with Crippen LogP contribution in [0.15, 0.2) is 64.6 Å². The lowest BCUT2D eigenvalue weighted by atomic mass is 9.85. The Hall–Kier alpha value is -4.00. The summed E-state index contributed by atoms with van der Waals surface area (Å²) in [5.41, 5.74) is 1.44. The Labute approximate surface area is 210 Å². The molecule has 0 bridgehead atoms. The minimum Gasteiger partial charge on any atom is -0.507 e. The van der Waals surface area contributed by atoms with Gasteiger partial charge in [-0.3, -0.25) is 14.5 Å². The van der Waals surface area contributed by atoms with Gasteiger partial charge in [0.1, 0.15) is 34.8 Å². The fraction of sp³-hybridized carbons (Fsp3) is 0.310. The number of carbonyl (C=O) groups excluding carboxylic acids is 2. The van der Waals surface area contributed by atoms with Gasteiger partial charge < -0.3 is 19.0 Å². The second kappa shape index (κ2) is 9.57. The van der Waals surface area contributed by atoms with E-state index in [1.54, 1.807) is 55.5 Å². The Balaban J connectivity index is 1.96. The number of amides is 1. The Morgan fingerprint density at radius 3 is 2.44 bits per heavy atom. The first-order valence-corrected chi connectivity index (χ1v) is 11.9. The van der Waals surface area contributed by atoms with Crippen LogP contribution in [0.5, 0.6) is 11.5 Å². The fourth-order valence-electron chi connectivity index (χ4n) is 4.36. The molecule has 7 nitrogen and oxygen atoms in total. The number of benzene rings is 2. The summed E-state index contributed by atoms with van der Waals surface area (Å²) in [5, 5.41) is 11.6. The lowest BCUT2D eigenvalue weighted by Gasteiger charge is -2.24. The molecule has 7 heteroatoms. The highest BCUT2D eigenvalue weighted by molar-refractivity contribution is 6.51. The van der Waals surface area contributed by atoms with Gasteiger partial charge in [-0.2, -0.15) is 0 Å². The Kier molecular flexibility index (Phi) is 6.67. The van der Waals surface area contributed by atoms with E-state index in [0.717, 1.165) is 5.56 Å². The number of carbonyl (C=O) groups is 2. The number of rotatable bonds is 6. The van der Waals surface area contributed by atoms with Crippen LogP contribution in [-0.4, -0.2) is 30.5 Å². The zero-order valence-corrected chi connectivity index (χ0v) is 21.4. The first kappa shape index (κ1) is 25.1. The molecule has 1 amide bonds. The molecule has 0 radical (unpaired) electrons. The quantitative estimate of drug-likeness (QED) is 0.263. The molecule has 1 fully saturated rings. The van der Waals surface area contributed by atoms with Gasteiger partial charge >= 0.3 is 0 Å². The molecule has 36 heavy (non-hydrogen) atoms. The zero-order valence-electron chi connectivity index (χ0n) is 21.4. The number of aliphatic hydroxyl groups is 1. The molecule has 1 atom stereocenters. The van der Waals surface area contributed by atoms with Crippen molar-refractivity contribution in [2.24, 2.45) is 0 Å². The van der Waals surface area contributed by atoms with Gasteiger partial charge in [0, 0.05) is 11.8 Å². The lowest BCUT2D eigenvalue weighted by molar-refractivity contribution is -0.132. The van der Waals surface area contributed by atoms with Crippen LogP contribution in [0, 0.1) is 6.92 Å². The zero-order chi connectivity index (χ0) is 26.2. The van der Waals surface area contributed by atoms with Crippen molar-refractivity contribution in [3.8, 4) is 11.5 Å². The largest absolute Gasteiger partial charge is 0.507 e. The third-order valence-electron chi connectivity index (χ3n) is 6.20.